The van der Waals surface area contributed by atoms with E-state index in [1.54, 1.807) is 12.1 Å². The molecule has 5 nitrogen and oxygen atoms in total. The molecule has 1 aromatic heterocycles. The minimum absolute atomic E-state index is 0.145. The van der Waals surface area contributed by atoms with Crippen molar-refractivity contribution in [3.05, 3.63) is 89.2 Å². The molecular weight excluding hydrogens is 467 g/mol. The number of amides is 1. The fraction of sp³-hybridized carbons (Fsp3) is 0.0455. The van der Waals surface area contributed by atoms with Crippen LogP contribution in [0.25, 0.3) is 17.1 Å². The van der Waals surface area contributed by atoms with Gasteiger partial charge in [-0.2, -0.15) is 0 Å². The summed E-state index contributed by atoms with van der Waals surface area (Å²) in [6, 6.07) is 23.1. The lowest BCUT2D eigenvalue weighted by atomic mass is 10.2. The van der Waals surface area contributed by atoms with Gasteiger partial charge in [-0.25, -0.2) is 4.39 Å². The maximum absolute atomic E-state index is 13.3. The predicted octanol–water partition coefficient (Wildman–Crippen LogP) is 5.57. The lowest BCUT2D eigenvalue weighted by Crippen LogP contribution is -2.14. The highest BCUT2D eigenvalue weighted by Crippen LogP contribution is 2.28. The number of carbonyl (C=O) groups excluding carboxylic acids is 1. The molecule has 8 heteroatoms. The third-order valence-corrected chi connectivity index (χ3v) is 5.67. The fourth-order valence-electron chi connectivity index (χ4n) is 2.82. The van der Waals surface area contributed by atoms with Gasteiger partial charge in [0.2, 0.25) is 5.91 Å². The molecule has 0 aliphatic carbocycles. The van der Waals surface area contributed by atoms with E-state index in [1.807, 2.05) is 59.2 Å². The second-order valence-corrected chi connectivity index (χ2v) is 8.19. The number of para-hydroxylation sites is 1. The Bertz CT molecular complexity index is 1150. The zero-order valence-electron chi connectivity index (χ0n) is 15.6. The standard InChI is InChI=1S/C22H16BrFN4OS/c23-16-8-12-18(13-9-16)25-20(29)14-30-22-27-26-21(15-6-10-17(24)11-7-15)28(22)19-4-2-1-3-5-19/h1-13H,14H2,(H,25,29). The van der Waals surface area contributed by atoms with Gasteiger partial charge in [0, 0.05) is 21.4 Å². The highest BCUT2D eigenvalue weighted by Gasteiger charge is 2.17. The topological polar surface area (TPSA) is 59.8 Å². The van der Waals surface area contributed by atoms with Crippen LogP contribution in [0.1, 0.15) is 0 Å². The molecule has 0 bridgehead atoms. The Morgan fingerprint density at radius 2 is 1.67 bits per heavy atom. The molecule has 0 saturated heterocycles. The number of carbonyl (C=O) groups is 1. The normalized spacial score (nSPS) is 10.7. The Balaban J connectivity index is 1.57. The maximum atomic E-state index is 13.3. The summed E-state index contributed by atoms with van der Waals surface area (Å²) in [6.07, 6.45) is 0. The van der Waals surface area contributed by atoms with E-state index in [1.165, 1.54) is 23.9 Å². The van der Waals surface area contributed by atoms with E-state index in [0.717, 1.165) is 21.4 Å². The van der Waals surface area contributed by atoms with Crippen LogP contribution in [0.15, 0.2) is 88.5 Å². The number of hydrogen-bond acceptors (Lipinski definition) is 4. The quantitative estimate of drug-likeness (QED) is 0.365. The van der Waals surface area contributed by atoms with E-state index in [2.05, 4.69) is 31.4 Å². The van der Waals surface area contributed by atoms with Crippen LogP contribution >= 0.6 is 27.7 Å². The van der Waals surface area contributed by atoms with Crippen LogP contribution in [0.4, 0.5) is 10.1 Å². The summed E-state index contributed by atoms with van der Waals surface area (Å²) in [5.74, 6) is 0.291. The van der Waals surface area contributed by atoms with Gasteiger partial charge in [-0.15, -0.1) is 10.2 Å². The first-order chi connectivity index (χ1) is 14.6. The summed E-state index contributed by atoms with van der Waals surface area (Å²) in [6.45, 7) is 0. The van der Waals surface area contributed by atoms with Crippen molar-refractivity contribution in [3.8, 4) is 17.1 Å². The zero-order valence-corrected chi connectivity index (χ0v) is 18.0. The average Bonchev–Trinajstić information content (AvgIpc) is 3.19. The molecule has 0 unspecified atom stereocenters. The number of nitrogens with one attached hydrogen (secondary N) is 1. The van der Waals surface area contributed by atoms with Crippen LogP contribution in [0.5, 0.6) is 0 Å². The van der Waals surface area contributed by atoms with Gasteiger partial charge in [-0.05, 0) is 60.7 Å². The van der Waals surface area contributed by atoms with Gasteiger partial charge in [0.1, 0.15) is 5.82 Å². The third kappa shape index (κ3) is 4.77. The van der Waals surface area contributed by atoms with Crippen molar-refractivity contribution in [2.75, 3.05) is 11.1 Å². The van der Waals surface area contributed by atoms with Gasteiger partial charge in [0.15, 0.2) is 11.0 Å². The molecule has 4 aromatic rings. The first-order valence-electron chi connectivity index (χ1n) is 9.05. The highest BCUT2D eigenvalue weighted by atomic mass is 79.9. The Hall–Kier alpha value is -2.97. The second kappa shape index (κ2) is 9.23. The maximum Gasteiger partial charge on any atom is 0.234 e. The van der Waals surface area contributed by atoms with Crippen LogP contribution in [0.3, 0.4) is 0 Å². The van der Waals surface area contributed by atoms with Crippen molar-refractivity contribution in [2.24, 2.45) is 0 Å². The van der Waals surface area contributed by atoms with Crippen molar-refractivity contribution in [1.82, 2.24) is 14.8 Å². The second-order valence-electron chi connectivity index (χ2n) is 6.33. The first-order valence-corrected chi connectivity index (χ1v) is 10.8. The zero-order chi connectivity index (χ0) is 20.9. The fourth-order valence-corrected chi connectivity index (χ4v) is 3.84. The third-order valence-electron chi connectivity index (χ3n) is 4.21. The van der Waals surface area contributed by atoms with Gasteiger partial charge < -0.3 is 5.32 Å². The molecule has 3 aromatic carbocycles. The number of benzene rings is 3. The van der Waals surface area contributed by atoms with Crippen molar-refractivity contribution in [3.63, 3.8) is 0 Å². The molecule has 1 amide bonds. The van der Waals surface area contributed by atoms with Crippen LogP contribution in [0.2, 0.25) is 0 Å². The highest BCUT2D eigenvalue weighted by molar-refractivity contribution is 9.10. The summed E-state index contributed by atoms with van der Waals surface area (Å²) in [4.78, 5) is 12.4. The van der Waals surface area contributed by atoms with Crippen molar-refractivity contribution >= 4 is 39.3 Å². The molecule has 30 heavy (non-hydrogen) atoms. The van der Waals surface area contributed by atoms with Gasteiger partial charge in [0.05, 0.1) is 5.75 Å². The monoisotopic (exact) mass is 482 g/mol. The molecule has 0 fully saturated rings. The lowest BCUT2D eigenvalue weighted by Gasteiger charge is -2.10. The Morgan fingerprint density at radius 1 is 0.967 bits per heavy atom. The molecule has 0 spiro atoms. The van der Waals surface area contributed by atoms with Crippen LogP contribution in [0, 0.1) is 5.82 Å². The summed E-state index contributed by atoms with van der Waals surface area (Å²) in [5, 5.41) is 12.0. The van der Waals surface area contributed by atoms with E-state index in [0.29, 0.717) is 11.0 Å². The molecule has 0 radical (unpaired) electrons. The predicted molar refractivity (Wildman–Crippen MR) is 120 cm³/mol. The molecule has 0 aliphatic rings. The molecule has 4 rings (SSSR count). The first kappa shape index (κ1) is 20.3. The van der Waals surface area contributed by atoms with E-state index >= 15 is 0 Å². The van der Waals surface area contributed by atoms with E-state index in [-0.39, 0.29) is 17.5 Å². The number of thioether (sulfide) groups is 1. The Labute approximate surface area is 185 Å². The molecule has 150 valence electrons. The Kier molecular flexibility index (Phi) is 6.25. The number of hydrogen-bond donors (Lipinski definition) is 1. The van der Waals surface area contributed by atoms with Crippen molar-refractivity contribution in [2.45, 2.75) is 5.16 Å². The van der Waals surface area contributed by atoms with Crippen LogP contribution in [-0.2, 0) is 4.79 Å². The SMILES string of the molecule is O=C(CSc1nnc(-c2ccc(F)cc2)n1-c1ccccc1)Nc1ccc(Br)cc1. The van der Waals surface area contributed by atoms with Crippen LogP contribution in [-0.4, -0.2) is 26.4 Å². The van der Waals surface area contributed by atoms with Gasteiger partial charge >= 0.3 is 0 Å². The molecule has 0 atom stereocenters. The minimum Gasteiger partial charge on any atom is -0.325 e. The smallest absolute Gasteiger partial charge is 0.234 e. The van der Waals surface area contributed by atoms with E-state index in [9.17, 15) is 9.18 Å². The molecular formula is C22H16BrFN4OS. The molecule has 0 saturated carbocycles. The number of aromatic nitrogens is 3. The number of rotatable bonds is 6. The number of halogens is 2. The summed E-state index contributed by atoms with van der Waals surface area (Å²) in [5.41, 5.74) is 2.32. The largest absolute Gasteiger partial charge is 0.325 e. The van der Waals surface area contributed by atoms with Gasteiger partial charge in [0.25, 0.3) is 0 Å². The van der Waals surface area contributed by atoms with E-state index < -0.39 is 0 Å². The average molecular weight is 483 g/mol. The minimum atomic E-state index is -0.316. The van der Waals surface area contributed by atoms with Crippen molar-refractivity contribution in [1.29, 1.82) is 0 Å². The van der Waals surface area contributed by atoms with Gasteiger partial charge in [-0.1, -0.05) is 45.9 Å². The number of anilines is 1. The number of nitrogens with zero attached hydrogens (tertiary/aromatic N) is 3. The van der Waals surface area contributed by atoms with E-state index in [4.69, 9.17) is 0 Å². The lowest BCUT2D eigenvalue weighted by molar-refractivity contribution is -0.113. The van der Waals surface area contributed by atoms with Crippen LogP contribution < -0.4 is 5.32 Å². The van der Waals surface area contributed by atoms with Gasteiger partial charge in [-0.3, -0.25) is 9.36 Å². The summed E-state index contributed by atoms with van der Waals surface area (Å²) < 4.78 is 16.2. The van der Waals surface area contributed by atoms with Crippen molar-refractivity contribution < 1.29 is 9.18 Å². The summed E-state index contributed by atoms with van der Waals surface area (Å²) in [7, 11) is 0. The molecule has 0 aliphatic heterocycles. The summed E-state index contributed by atoms with van der Waals surface area (Å²) >= 11 is 4.66. The molecule has 1 N–H and O–H groups in total. The molecule has 1 heterocycles. The Morgan fingerprint density at radius 3 is 2.37 bits per heavy atom.